The van der Waals surface area contributed by atoms with E-state index in [1.165, 1.54) is 5.56 Å². The fourth-order valence-electron chi connectivity index (χ4n) is 4.11. The minimum absolute atomic E-state index is 0.0626. The Balaban J connectivity index is 1.28. The number of hydrogen-bond acceptors (Lipinski definition) is 7. The van der Waals surface area contributed by atoms with Crippen molar-refractivity contribution in [2.75, 3.05) is 38.2 Å². The van der Waals surface area contributed by atoms with Gasteiger partial charge in [-0.3, -0.25) is 9.10 Å². The van der Waals surface area contributed by atoms with E-state index < -0.39 is 0 Å². The molecule has 0 spiro atoms. The first kappa shape index (κ1) is 23.1. The van der Waals surface area contributed by atoms with E-state index in [1.807, 2.05) is 24.3 Å². The molecule has 1 aromatic carbocycles. The van der Waals surface area contributed by atoms with Gasteiger partial charge >= 0.3 is 0 Å². The number of halogens is 1. The number of anilines is 1. The second kappa shape index (κ2) is 11.2. The van der Waals surface area contributed by atoms with E-state index in [-0.39, 0.29) is 16.6 Å². The topological polar surface area (TPSA) is 83.2 Å². The molecule has 1 N–H and O–H groups in total. The van der Waals surface area contributed by atoms with Crippen LogP contribution in [0.3, 0.4) is 0 Å². The summed E-state index contributed by atoms with van der Waals surface area (Å²) in [5.74, 6) is 1.31. The molecule has 1 unspecified atom stereocenters. The largest absolute Gasteiger partial charge is 0.382 e. The lowest BCUT2D eigenvalue weighted by molar-refractivity contribution is 0.0595. The van der Waals surface area contributed by atoms with E-state index in [4.69, 9.17) is 21.6 Å². The summed E-state index contributed by atoms with van der Waals surface area (Å²) in [6, 6.07) is 9.91. The third kappa shape index (κ3) is 5.84. The third-order valence-corrected chi connectivity index (χ3v) is 7.60. The van der Waals surface area contributed by atoms with Crippen molar-refractivity contribution in [2.24, 2.45) is 5.92 Å². The van der Waals surface area contributed by atoms with Gasteiger partial charge in [0.25, 0.3) is 5.56 Å². The molecule has 2 aliphatic heterocycles. The summed E-state index contributed by atoms with van der Waals surface area (Å²) in [6.07, 6.45) is 5.59. The molecule has 4 rings (SSSR count). The zero-order chi connectivity index (χ0) is 22.3. The van der Waals surface area contributed by atoms with Gasteiger partial charge in [-0.2, -0.15) is 10.4 Å². The molecular weight excluding hydrogens is 446 g/mol. The van der Waals surface area contributed by atoms with Gasteiger partial charge in [0.2, 0.25) is 0 Å². The van der Waals surface area contributed by atoms with Crippen molar-refractivity contribution in [1.82, 2.24) is 14.1 Å². The fraction of sp³-hybridized carbons (Fsp3) is 0.522. The van der Waals surface area contributed by atoms with Crippen molar-refractivity contribution in [3.05, 3.63) is 57.0 Å². The van der Waals surface area contributed by atoms with Gasteiger partial charge in [-0.25, -0.2) is 4.68 Å². The highest BCUT2D eigenvalue weighted by molar-refractivity contribution is 7.96. The Hall–Kier alpha value is -2.05. The molecule has 32 heavy (non-hydrogen) atoms. The fourth-order valence-corrected chi connectivity index (χ4v) is 5.30. The summed E-state index contributed by atoms with van der Waals surface area (Å²) in [4.78, 5) is 12.8. The molecule has 1 atom stereocenters. The molecule has 7 nitrogen and oxygen atoms in total. The van der Waals surface area contributed by atoms with Gasteiger partial charge in [0.15, 0.2) is 0 Å². The van der Waals surface area contributed by atoms with Crippen LogP contribution in [0.25, 0.3) is 0 Å². The number of hydrogen-bond donors (Lipinski definition) is 1. The highest BCUT2D eigenvalue weighted by Gasteiger charge is 2.24. The van der Waals surface area contributed by atoms with E-state index in [9.17, 15) is 4.79 Å². The van der Waals surface area contributed by atoms with Crippen molar-refractivity contribution in [3.8, 4) is 6.07 Å². The van der Waals surface area contributed by atoms with Crippen molar-refractivity contribution >= 4 is 29.2 Å². The zero-order valence-electron chi connectivity index (χ0n) is 18.0. The molecule has 0 radical (unpaired) electrons. The Morgan fingerprint density at radius 2 is 2.03 bits per heavy atom. The van der Waals surface area contributed by atoms with Crippen molar-refractivity contribution in [3.63, 3.8) is 0 Å². The third-order valence-electron chi connectivity index (χ3n) is 6.05. The normalized spacial score (nSPS) is 20.1. The minimum atomic E-state index is -0.222. The molecule has 2 fully saturated rings. The SMILES string of the molecule is N#Cc1ccc(CSN2CCC(n3ncc(NCC4CCCOC4)c(Cl)c3=O)CC2)cc1. The standard InChI is InChI=1S/C23H28ClN5O2S/c24-22-21(26-13-19-2-1-11-31-15-19)14-27-29(23(22)30)20-7-9-28(10-8-20)32-16-18-5-3-17(12-25)4-6-18/h3-6,14,19-20,26H,1-2,7-11,13,15-16H2. The number of ether oxygens (including phenoxy) is 1. The predicted molar refractivity (Wildman–Crippen MR) is 128 cm³/mol. The van der Waals surface area contributed by atoms with Crippen LogP contribution in [0.5, 0.6) is 0 Å². The first-order valence-corrected chi connectivity index (χ1v) is 12.4. The lowest BCUT2D eigenvalue weighted by Gasteiger charge is -2.31. The average molecular weight is 474 g/mol. The number of benzene rings is 1. The molecule has 0 bridgehead atoms. The van der Waals surface area contributed by atoms with Gasteiger partial charge in [0.1, 0.15) is 5.02 Å². The maximum Gasteiger partial charge on any atom is 0.287 e. The summed E-state index contributed by atoms with van der Waals surface area (Å²) >= 11 is 8.19. The van der Waals surface area contributed by atoms with E-state index in [2.05, 4.69) is 20.8 Å². The van der Waals surface area contributed by atoms with Gasteiger partial charge in [-0.15, -0.1) is 0 Å². The first-order valence-electron chi connectivity index (χ1n) is 11.1. The van der Waals surface area contributed by atoms with Crippen LogP contribution in [-0.2, 0) is 10.5 Å². The van der Waals surface area contributed by atoms with Gasteiger partial charge in [-0.05, 0) is 49.3 Å². The van der Waals surface area contributed by atoms with E-state index in [0.717, 1.165) is 64.3 Å². The monoisotopic (exact) mass is 473 g/mol. The van der Waals surface area contributed by atoms with E-state index in [0.29, 0.717) is 17.2 Å². The molecule has 0 aliphatic carbocycles. The van der Waals surface area contributed by atoms with Crippen molar-refractivity contribution in [1.29, 1.82) is 5.26 Å². The van der Waals surface area contributed by atoms with Gasteiger partial charge in [0.05, 0.1) is 36.2 Å². The molecule has 2 saturated heterocycles. The number of nitrogens with zero attached hydrogens (tertiary/aromatic N) is 4. The van der Waals surface area contributed by atoms with E-state index in [1.54, 1.807) is 22.8 Å². The average Bonchev–Trinajstić information content (AvgIpc) is 2.85. The molecule has 2 aromatic rings. The van der Waals surface area contributed by atoms with Crippen LogP contribution in [0.4, 0.5) is 5.69 Å². The van der Waals surface area contributed by atoms with Crippen molar-refractivity contribution < 1.29 is 4.74 Å². The van der Waals surface area contributed by atoms with Gasteiger partial charge in [-0.1, -0.05) is 35.7 Å². The quantitative estimate of drug-likeness (QED) is 0.606. The van der Waals surface area contributed by atoms with E-state index >= 15 is 0 Å². The number of aromatic nitrogens is 2. The lowest BCUT2D eigenvalue weighted by Crippen LogP contribution is -2.36. The van der Waals surface area contributed by atoms with Gasteiger partial charge in [0, 0.05) is 32.0 Å². The second-order valence-electron chi connectivity index (χ2n) is 8.33. The number of piperidine rings is 1. The molecule has 2 aliphatic rings. The second-order valence-corrected chi connectivity index (χ2v) is 9.77. The number of nitrogens with one attached hydrogen (secondary N) is 1. The minimum Gasteiger partial charge on any atom is -0.382 e. The molecule has 3 heterocycles. The molecule has 0 amide bonds. The maximum absolute atomic E-state index is 12.8. The van der Waals surface area contributed by atoms with Crippen LogP contribution in [0.2, 0.25) is 5.02 Å². The Kier molecular flexibility index (Phi) is 8.09. The summed E-state index contributed by atoms with van der Waals surface area (Å²) in [5.41, 5.74) is 2.26. The Morgan fingerprint density at radius 3 is 2.72 bits per heavy atom. The highest BCUT2D eigenvalue weighted by atomic mass is 35.5. The summed E-state index contributed by atoms with van der Waals surface area (Å²) < 4.78 is 9.40. The zero-order valence-corrected chi connectivity index (χ0v) is 19.6. The Morgan fingerprint density at radius 1 is 1.25 bits per heavy atom. The van der Waals surface area contributed by atoms with Crippen LogP contribution < -0.4 is 10.9 Å². The highest BCUT2D eigenvalue weighted by Crippen LogP contribution is 2.28. The summed E-state index contributed by atoms with van der Waals surface area (Å²) in [7, 11) is 0. The van der Waals surface area contributed by atoms with Crippen molar-refractivity contribution in [2.45, 2.75) is 37.5 Å². The Bertz CT molecular complexity index is 993. The predicted octanol–water partition coefficient (Wildman–Crippen LogP) is 4.09. The Labute approximate surface area is 197 Å². The molecule has 0 saturated carbocycles. The molecule has 9 heteroatoms. The van der Waals surface area contributed by atoms with Crippen LogP contribution in [0, 0.1) is 17.2 Å². The first-order chi connectivity index (χ1) is 15.6. The molecular formula is C23H28ClN5O2S. The van der Waals surface area contributed by atoms with Crippen LogP contribution in [0.1, 0.15) is 42.9 Å². The molecule has 1 aromatic heterocycles. The molecule has 170 valence electrons. The van der Waals surface area contributed by atoms with Crippen LogP contribution in [-0.4, -0.2) is 46.9 Å². The maximum atomic E-state index is 12.8. The lowest BCUT2D eigenvalue weighted by atomic mass is 10.0. The summed E-state index contributed by atoms with van der Waals surface area (Å²) in [5, 5.41) is 16.8. The van der Waals surface area contributed by atoms with Crippen LogP contribution in [0.15, 0.2) is 35.3 Å². The number of nitriles is 1. The summed E-state index contributed by atoms with van der Waals surface area (Å²) in [6.45, 7) is 4.09. The smallest absolute Gasteiger partial charge is 0.287 e. The number of rotatable bonds is 7. The van der Waals surface area contributed by atoms with Gasteiger partial charge < -0.3 is 10.1 Å². The van der Waals surface area contributed by atoms with Crippen LogP contribution >= 0.6 is 23.5 Å².